The lowest BCUT2D eigenvalue weighted by Crippen LogP contribution is -2.25. The average Bonchev–Trinajstić information content (AvgIpc) is 3.67. The molecule has 0 unspecified atom stereocenters. The van der Waals surface area contributed by atoms with E-state index >= 15 is 4.39 Å². The summed E-state index contributed by atoms with van der Waals surface area (Å²) in [6, 6.07) is 26.3. The van der Waals surface area contributed by atoms with E-state index in [0.717, 1.165) is 34.3 Å². The summed E-state index contributed by atoms with van der Waals surface area (Å²) in [6.07, 6.45) is -2.57. The number of fused-ring (bicyclic) bond motifs is 1. The zero-order valence-electron chi connectivity index (χ0n) is 24.7. The van der Waals surface area contributed by atoms with Gasteiger partial charge < -0.3 is 14.0 Å². The molecule has 5 aromatic rings. The number of benzene rings is 4. The Morgan fingerprint density at radius 2 is 1.50 bits per heavy atom. The summed E-state index contributed by atoms with van der Waals surface area (Å²) in [5.41, 5.74) is 2.22. The number of halogens is 5. The molecule has 0 radical (unpaired) electrons. The number of allylic oxidation sites excluding steroid dienone is 1. The van der Waals surface area contributed by atoms with Gasteiger partial charge >= 0.3 is 6.18 Å². The maximum Gasteiger partial charge on any atom is 0.419 e. The molecule has 0 aliphatic carbocycles. The smallest absolute Gasteiger partial charge is 0.419 e. The summed E-state index contributed by atoms with van der Waals surface area (Å²) < 4.78 is 83.1. The van der Waals surface area contributed by atoms with E-state index in [1.807, 2.05) is 83.8 Å². The van der Waals surface area contributed by atoms with Crippen molar-refractivity contribution >= 4 is 0 Å². The van der Waals surface area contributed by atoms with Gasteiger partial charge in [-0.1, -0.05) is 78.9 Å². The molecule has 46 heavy (non-hydrogen) atoms. The molecular weight excluding hydrogens is 601 g/mol. The lowest BCUT2D eigenvalue weighted by molar-refractivity contribution is -0.140. The first kappa shape index (κ1) is 31.0. The lowest BCUT2D eigenvalue weighted by Gasteiger charge is -2.25. The van der Waals surface area contributed by atoms with Crippen LogP contribution in [0.5, 0.6) is 11.5 Å². The molecule has 236 valence electrons. The van der Waals surface area contributed by atoms with E-state index < -0.39 is 23.4 Å². The Morgan fingerprint density at radius 1 is 0.804 bits per heavy atom. The Balaban J connectivity index is 1.46. The van der Waals surface area contributed by atoms with Crippen LogP contribution in [0.15, 0.2) is 104 Å². The minimum atomic E-state index is -5.02. The first-order valence-electron chi connectivity index (χ1n) is 14.7. The van der Waals surface area contributed by atoms with E-state index in [1.54, 1.807) is 6.07 Å². The van der Waals surface area contributed by atoms with Crippen LogP contribution in [-0.2, 0) is 32.4 Å². The van der Waals surface area contributed by atoms with Crippen LogP contribution >= 0.6 is 0 Å². The quantitative estimate of drug-likeness (QED) is 0.108. The van der Waals surface area contributed by atoms with Gasteiger partial charge in [-0.25, -0.2) is 13.8 Å². The third-order valence-corrected chi connectivity index (χ3v) is 7.79. The highest BCUT2D eigenvalue weighted by Gasteiger charge is 2.36. The zero-order valence-corrected chi connectivity index (χ0v) is 24.7. The molecule has 0 saturated carbocycles. The Bertz CT molecular complexity index is 1840. The van der Waals surface area contributed by atoms with Crippen LogP contribution < -0.4 is 9.47 Å². The third-order valence-electron chi connectivity index (χ3n) is 7.79. The van der Waals surface area contributed by atoms with Crippen molar-refractivity contribution in [2.24, 2.45) is 0 Å². The largest absolute Gasteiger partial charge is 0.454 e. The summed E-state index contributed by atoms with van der Waals surface area (Å²) in [5, 5.41) is 0. The number of rotatable bonds is 11. The van der Waals surface area contributed by atoms with Gasteiger partial charge in [-0.15, -0.1) is 6.58 Å². The first-order chi connectivity index (χ1) is 22.2. The highest BCUT2D eigenvalue weighted by atomic mass is 19.4. The molecule has 0 spiro atoms. The fourth-order valence-electron chi connectivity index (χ4n) is 5.59. The summed E-state index contributed by atoms with van der Waals surface area (Å²) in [4.78, 5) is 6.95. The number of ether oxygens (including phenoxy) is 2. The van der Waals surface area contributed by atoms with Crippen LogP contribution in [0, 0.1) is 11.6 Å². The molecule has 0 amide bonds. The van der Waals surface area contributed by atoms with Gasteiger partial charge in [0.2, 0.25) is 6.79 Å². The van der Waals surface area contributed by atoms with Gasteiger partial charge in [0.15, 0.2) is 23.1 Å². The molecule has 1 aliphatic rings. The third kappa shape index (κ3) is 6.53. The average molecular weight is 632 g/mol. The van der Waals surface area contributed by atoms with Crippen molar-refractivity contribution in [2.75, 3.05) is 6.79 Å². The molecule has 1 aromatic heterocycles. The van der Waals surface area contributed by atoms with Gasteiger partial charge in [0, 0.05) is 42.9 Å². The number of alkyl halides is 3. The lowest BCUT2D eigenvalue weighted by atomic mass is 10.1. The second-order valence-electron chi connectivity index (χ2n) is 10.9. The van der Waals surface area contributed by atoms with Crippen molar-refractivity contribution in [1.29, 1.82) is 0 Å². The summed E-state index contributed by atoms with van der Waals surface area (Å²) >= 11 is 0. The van der Waals surface area contributed by atoms with Gasteiger partial charge in [-0.3, -0.25) is 4.90 Å². The second kappa shape index (κ2) is 13.2. The van der Waals surface area contributed by atoms with E-state index in [4.69, 9.17) is 14.5 Å². The van der Waals surface area contributed by atoms with E-state index in [2.05, 4.69) is 11.1 Å². The van der Waals surface area contributed by atoms with E-state index in [1.165, 1.54) is 0 Å². The van der Waals surface area contributed by atoms with Crippen molar-refractivity contribution in [3.8, 4) is 34.1 Å². The number of imidazole rings is 1. The monoisotopic (exact) mass is 631 g/mol. The molecule has 6 rings (SSSR count). The Morgan fingerprint density at radius 3 is 2.20 bits per heavy atom. The van der Waals surface area contributed by atoms with Gasteiger partial charge in [0.1, 0.15) is 5.82 Å². The number of aromatic nitrogens is 2. The predicted molar refractivity (Wildman–Crippen MR) is 165 cm³/mol. The maximum absolute atomic E-state index is 15.3. The molecule has 4 aromatic carbocycles. The van der Waals surface area contributed by atoms with Gasteiger partial charge in [-0.05, 0) is 30.2 Å². The van der Waals surface area contributed by atoms with Crippen LogP contribution in [-0.4, -0.2) is 21.2 Å². The minimum Gasteiger partial charge on any atom is -0.454 e. The molecule has 0 atom stereocenters. The first-order valence-corrected chi connectivity index (χ1v) is 14.7. The van der Waals surface area contributed by atoms with Crippen LogP contribution in [0.2, 0.25) is 0 Å². The van der Waals surface area contributed by atoms with Crippen LogP contribution in [0.1, 0.15) is 28.8 Å². The van der Waals surface area contributed by atoms with Crippen molar-refractivity contribution in [3.63, 3.8) is 0 Å². The molecule has 1 aliphatic heterocycles. The molecule has 0 fully saturated rings. The zero-order chi connectivity index (χ0) is 32.3. The molecule has 0 saturated heterocycles. The van der Waals surface area contributed by atoms with E-state index in [0.29, 0.717) is 36.2 Å². The van der Waals surface area contributed by atoms with Crippen LogP contribution in [0.25, 0.3) is 22.6 Å². The number of nitrogens with zero attached hydrogens (tertiary/aromatic N) is 3. The molecule has 0 N–H and O–H groups in total. The summed E-state index contributed by atoms with van der Waals surface area (Å²) in [5.74, 6) is -1.57. The normalized spacial score (nSPS) is 12.6. The Labute approximate surface area is 263 Å². The maximum atomic E-state index is 15.3. The highest BCUT2D eigenvalue weighted by molar-refractivity contribution is 5.68. The molecular formula is C36H30F5N3O2. The summed E-state index contributed by atoms with van der Waals surface area (Å²) in [6.45, 7) is 4.78. The fraction of sp³-hybridized carbons (Fsp3) is 0.194. The summed E-state index contributed by atoms with van der Waals surface area (Å²) in [7, 11) is 0. The SMILES string of the molecule is C=CCCn1c(-c2ccccc2)nc(-c2ccccc2)c1CN(Cc1ccc2c(c1)OCO2)Cc1ccc(C(F)(F)F)c(F)c1F. The molecule has 0 bridgehead atoms. The van der Waals surface area contributed by atoms with Gasteiger partial charge in [0.25, 0.3) is 0 Å². The fourth-order valence-corrected chi connectivity index (χ4v) is 5.59. The van der Waals surface area contributed by atoms with Crippen molar-refractivity contribution in [2.45, 2.75) is 38.8 Å². The standard InChI is InChI=1S/C36H30F5N3O2/c1-2-3-18-44-29(34(25-10-6-4-7-11-25)42-35(44)26-12-8-5-9-13-26)22-43(20-24-14-17-30-31(19-24)46-23-45-30)21-27-15-16-28(36(39,40)41)33(38)32(27)37/h2,4-17,19H,1,3,18,20-23H2. The molecule has 2 heterocycles. The highest BCUT2D eigenvalue weighted by Crippen LogP contribution is 2.36. The predicted octanol–water partition coefficient (Wildman–Crippen LogP) is 9.02. The Kier molecular flexibility index (Phi) is 8.90. The van der Waals surface area contributed by atoms with Crippen molar-refractivity contribution in [3.05, 3.63) is 138 Å². The van der Waals surface area contributed by atoms with E-state index in [-0.39, 0.29) is 32.0 Å². The number of hydrogen-bond acceptors (Lipinski definition) is 4. The van der Waals surface area contributed by atoms with Crippen LogP contribution in [0.4, 0.5) is 22.0 Å². The topological polar surface area (TPSA) is 39.5 Å². The second-order valence-corrected chi connectivity index (χ2v) is 10.9. The van der Waals surface area contributed by atoms with Gasteiger partial charge in [0.05, 0.1) is 17.0 Å². The van der Waals surface area contributed by atoms with Crippen molar-refractivity contribution < 1.29 is 31.4 Å². The molecule has 10 heteroatoms. The minimum absolute atomic E-state index is 0.0870. The molecule has 5 nitrogen and oxygen atoms in total. The number of hydrogen-bond donors (Lipinski definition) is 0. The van der Waals surface area contributed by atoms with Gasteiger partial charge in [-0.2, -0.15) is 13.2 Å². The van der Waals surface area contributed by atoms with Crippen molar-refractivity contribution in [1.82, 2.24) is 14.5 Å². The van der Waals surface area contributed by atoms with E-state index in [9.17, 15) is 17.6 Å². The Hall–Kier alpha value is -4.96. The van der Waals surface area contributed by atoms with Crippen LogP contribution in [0.3, 0.4) is 0 Å².